The van der Waals surface area contributed by atoms with Crippen molar-refractivity contribution in [1.82, 2.24) is 19.9 Å². The molecule has 0 aliphatic rings. The third-order valence-corrected chi connectivity index (χ3v) is 3.57. The lowest BCUT2D eigenvalue weighted by Crippen LogP contribution is -1.98. The molecule has 0 aromatic carbocycles. The van der Waals surface area contributed by atoms with Crippen LogP contribution in [0.2, 0.25) is 0 Å². The van der Waals surface area contributed by atoms with Crippen LogP contribution in [-0.4, -0.2) is 27.0 Å². The van der Waals surface area contributed by atoms with Crippen LogP contribution in [0, 0.1) is 6.92 Å². The molecule has 3 aromatic heterocycles. The molecule has 0 unspecified atom stereocenters. The van der Waals surface area contributed by atoms with Gasteiger partial charge in [-0.25, -0.2) is 19.9 Å². The van der Waals surface area contributed by atoms with Crippen molar-refractivity contribution in [2.75, 3.05) is 12.8 Å². The number of hydrogen-bond donors (Lipinski definition) is 1. The van der Waals surface area contributed by atoms with Crippen LogP contribution in [0.3, 0.4) is 0 Å². The number of ether oxygens (including phenoxy) is 1. The van der Waals surface area contributed by atoms with Crippen LogP contribution < -0.4 is 10.5 Å². The van der Waals surface area contributed by atoms with Gasteiger partial charge in [0.25, 0.3) is 0 Å². The minimum atomic E-state index is 0.460. The highest BCUT2D eigenvalue weighted by atomic mass is 32.1. The van der Waals surface area contributed by atoms with Gasteiger partial charge >= 0.3 is 0 Å². The van der Waals surface area contributed by atoms with Gasteiger partial charge in [-0.2, -0.15) is 0 Å². The van der Waals surface area contributed by atoms with Gasteiger partial charge in [0, 0.05) is 10.9 Å². The second kappa shape index (κ2) is 4.43. The first kappa shape index (κ1) is 11.8. The first-order valence-electron chi connectivity index (χ1n) is 5.57. The Kier molecular flexibility index (Phi) is 2.75. The van der Waals surface area contributed by atoms with Crippen molar-refractivity contribution in [3.63, 3.8) is 0 Å². The molecule has 3 heterocycles. The van der Waals surface area contributed by atoms with Crippen LogP contribution in [-0.2, 0) is 0 Å². The summed E-state index contributed by atoms with van der Waals surface area (Å²) < 4.78 is 5.06. The lowest BCUT2D eigenvalue weighted by atomic mass is 10.3. The zero-order chi connectivity index (χ0) is 13.4. The molecule has 3 aromatic rings. The molecule has 0 fully saturated rings. The van der Waals surface area contributed by atoms with Gasteiger partial charge in [0.2, 0.25) is 5.88 Å². The fourth-order valence-electron chi connectivity index (χ4n) is 1.75. The summed E-state index contributed by atoms with van der Waals surface area (Å²) in [6.07, 6.45) is 1.41. The molecule has 96 valence electrons. The number of anilines is 1. The number of aryl methyl sites for hydroxylation is 1. The summed E-state index contributed by atoms with van der Waals surface area (Å²) in [4.78, 5) is 18.9. The number of fused-ring (bicyclic) bond motifs is 1. The molecule has 0 radical (unpaired) electrons. The Hall–Kier alpha value is -2.28. The molecule has 3 rings (SSSR count). The van der Waals surface area contributed by atoms with Crippen LogP contribution in [0.15, 0.2) is 18.5 Å². The maximum Gasteiger partial charge on any atom is 0.216 e. The highest BCUT2D eigenvalue weighted by molar-refractivity contribution is 7.18. The van der Waals surface area contributed by atoms with E-state index >= 15 is 0 Å². The minimum absolute atomic E-state index is 0.460. The van der Waals surface area contributed by atoms with E-state index in [2.05, 4.69) is 19.9 Å². The number of hydrogen-bond acceptors (Lipinski definition) is 7. The second-order valence-corrected chi connectivity index (χ2v) is 5.19. The van der Waals surface area contributed by atoms with Gasteiger partial charge in [0.15, 0.2) is 5.82 Å². The minimum Gasteiger partial charge on any atom is -0.481 e. The monoisotopic (exact) mass is 273 g/mol. The van der Waals surface area contributed by atoms with Crippen molar-refractivity contribution >= 4 is 27.4 Å². The van der Waals surface area contributed by atoms with E-state index in [0.29, 0.717) is 23.2 Å². The molecule has 0 aliphatic heterocycles. The van der Waals surface area contributed by atoms with E-state index in [1.807, 2.05) is 13.0 Å². The summed E-state index contributed by atoms with van der Waals surface area (Å²) in [5.41, 5.74) is 6.55. The van der Waals surface area contributed by atoms with E-state index in [4.69, 9.17) is 10.5 Å². The third kappa shape index (κ3) is 2.08. The topological polar surface area (TPSA) is 86.8 Å². The summed E-state index contributed by atoms with van der Waals surface area (Å²) in [6.45, 7) is 2.01. The molecule has 0 aliphatic carbocycles. The Bertz CT molecular complexity index is 755. The highest BCUT2D eigenvalue weighted by Crippen LogP contribution is 2.29. The van der Waals surface area contributed by atoms with Gasteiger partial charge in [-0.05, 0) is 13.0 Å². The predicted octanol–water partition coefficient (Wildman–Crippen LogP) is 2.05. The largest absolute Gasteiger partial charge is 0.481 e. The molecule has 0 bridgehead atoms. The molecular formula is C12H11N5OS. The highest BCUT2D eigenvalue weighted by Gasteiger charge is 2.11. The quantitative estimate of drug-likeness (QED) is 0.769. The van der Waals surface area contributed by atoms with E-state index < -0.39 is 0 Å². The molecule has 0 amide bonds. The molecule has 7 heteroatoms. The summed E-state index contributed by atoms with van der Waals surface area (Å²) >= 11 is 1.58. The van der Waals surface area contributed by atoms with Crippen LogP contribution >= 0.6 is 11.3 Å². The lowest BCUT2D eigenvalue weighted by Gasteiger charge is -2.03. The Morgan fingerprint density at radius 2 is 2.05 bits per heavy atom. The Labute approximate surface area is 113 Å². The number of rotatable bonds is 2. The van der Waals surface area contributed by atoms with Gasteiger partial charge in [-0.1, -0.05) is 0 Å². The summed E-state index contributed by atoms with van der Waals surface area (Å²) in [5, 5.41) is 0.882. The third-order valence-electron chi connectivity index (χ3n) is 2.63. The van der Waals surface area contributed by atoms with Crippen LogP contribution in [0.25, 0.3) is 21.7 Å². The standard InChI is InChI=1S/C12H11N5OS/c1-6-3-7-10(13)16-11(17-12(7)19-6)8-4-9(18-2)15-5-14-8/h3-5H,1-2H3,(H2,13,16,17). The number of thiophene rings is 1. The number of aromatic nitrogens is 4. The first-order chi connectivity index (χ1) is 9.17. The average Bonchev–Trinajstić information content (AvgIpc) is 2.80. The summed E-state index contributed by atoms with van der Waals surface area (Å²) in [7, 11) is 1.55. The van der Waals surface area contributed by atoms with Crippen molar-refractivity contribution in [3.05, 3.63) is 23.3 Å². The maximum atomic E-state index is 5.96. The molecule has 0 atom stereocenters. The summed E-state index contributed by atoms with van der Waals surface area (Å²) in [5.74, 6) is 1.41. The van der Waals surface area contributed by atoms with E-state index in [9.17, 15) is 0 Å². The van der Waals surface area contributed by atoms with E-state index in [0.717, 1.165) is 15.1 Å². The fraction of sp³-hybridized carbons (Fsp3) is 0.167. The molecular weight excluding hydrogens is 262 g/mol. The van der Waals surface area contributed by atoms with Crippen molar-refractivity contribution in [2.24, 2.45) is 0 Å². The Morgan fingerprint density at radius 3 is 2.84 bits per heavy atom. The van der Waals surface area contributed by atoms with Crippen molar-refractivity contribution in [3.8, 4) is 17.4 Å². The van der Waals surface area contributed by atoms with Gasteiger partial charge in [-0.3, -0.25) is 0 Å². The SMILES string of the molecule is COc1cc(-c2nc(N)c3cc(C)sc3n2)ncn1. The van der Waals surface area contributed by atoms with Crippen LogP contribution in [0.4, 0.5) is 5.82 Å². The Balaban J connectivity index is 2.18. The normalized spacial score (nSPS) is 10.8. The smallest absolute Gasteiger partial charge is 0.216 e. The van der Waals surface area contributed by atoms with Crippen LogP contribution in [0.1, 0.15) is 4.88 Å². The number of nitrogens with two attached hydrogens (primary N) is 1. The number of methoxy groups -OCH3 is 1. The molecule has 19 heavy (non-hydrogen) atoms. The van der Waals surface area contributed by atoms with E-state index in [1.165, 1.54) is 6.33 Å². The maximum absolute atomic E-state index is 5.96. The lowest BCUT2D eigenvalue weighted by molar-refractivity contribution is 0.397. The van der Waals surface area contributed by atoms with E-state index in [1.54, 1.807) is 24.5 Å². The predicted molar refractivity (Wildman–Crippen MR) is 74.1 cm³/mol. The average molecular weight is 273 g/mol. The van der Waals surface area contributed by atoms with Crippen molar-refractivity contribution < 1.29 is 4.74 Å². The molecule has 2 N–H and O–H groups in total. The van der Waals surface area contributed by atoms with Gasteiger partial charge in [0.1, 0.15) is 22.7 Å². The van der Waals surface area contributed by atoms with E-state index in [-0.39, 0.29) is 0 Å². The first-order valence-corrected chi connectivity index (χ1v) is 6.39. The van der Waals surface area contributed by atoms with Gasteiger partial charge < -0.3 is 10.5 Å². The van der Waals surface area contributed by atoms with Crippen molar-refractivity contribution in [1.29, 1.82) is 0 Å². The molecule has 0 spiro atoms. The molecule has 0 saturated carbocycles. The van der Waals surface area contributed by atoms with Gasteiger partial charge in [-0.15, -0.1) is 11.3 Å². The second-order valence-electron chi connectivity index (χ2n) is 3.95. The zero-order valence-corrected chi connectivity index (χ0v) is 11.2. The number of nitrogens with zero attached hydrogens (tertiary/aromatic N) is 4. The zero-order valence-electron chi connectivity index (χ0n) is 10.4. The number of nitrogen functional groups attached to an aromatic ring is 1. The Morgan fingerprint density at radius 1 is 1.21 bits per heavy atom. The molecule has 0 saturated heterocycles. The van der Waals surface area contributed by atoms with Gasteiger partial charge in [0.05, 0.1) is 12.5 Å². The van der Waals surface area contributed by atoms with Crippen molar-refractivity contribution in [2.45, 2.75) is 6.92 Å². The summed E-state index contributed by atoms with van der Waals surface area (Å²) in [6, 6.07) is 3.67. The molecule has 6 nitrogen and oxygen atoms in total. The van der Waals surface area contributed by atoms with Crippen LogP contribution in [0.5, 0.6) is 5.88 Å². The fourth-order valence-corrected chi connectivity index (χ4v) is 2.64.